The van der Waals surface area contributed by atoms with Crippen molar-refractivity contribution in [2.45, 2.75) is 19.8 Å². The predicted molar refractivity (Wildman–Crippen MR) is 31.5 cm³/mol. The lowest BCUT2D eigenvalue weighted by Gasteiger charge is -1.95. The van der Waals surface area contributed by atoms with E-state index in [4.69, 9.17) is 5.26 Å². The summed E-state index contributed by atoms with van der Waals surface area (Å²) in [6, 6.07) is 1.95. The van der Waals surface area contributed by atoms with Crippen LogP contribution in [0.15, 0.2) is 0 Å². The van der Waals surface area contributed by atoms with Crippen LogP contribution in [0.5, 0.6) is 0 Å². The molecule has 0 aliphatic carbocycles. The molecule has 0 aromatic heterocycles. The molecule has 0 heterocycles. The molecule has 0 atom stereocenters. The van der Waals surface area contributed by atoms with Gasteiger partial charge in [0.1, 0.15) is 0 Å². The zero-order valence-electron chi connectivity index (χ0n) is 5.39. The molecule has 0 bridgehead atoms. The Kier molecular flexibility index (Phi) is 4.51. The highest BCUT2D eigenvalue weighted by molar-refractivity contribution is 5.65. The highest BCUT2D eigenvalue weighted by atomic mass is 16.5. The minimum atomic E-state index is -0.284. The van der Waals surface area contributed by atoms with Crippen LogP contribution in [-0.4, -0.2) is 12.6 Å². The number of nitriles is 1. The maximum Gasteiger partial charge on any atom is 0.302 e. The number of rotatable bonds is 3. The van der Waals surface area contributed by atoms with Crippen molar-refractivity contribution >= 4 is 5.97 Å². The monoisotopic (exact) mass is 127 g/mol. The molecule has 0 N–H and O–H groups in total. The van der Waals surface area contributed by atoms with Crippen LogP contribution in [0.3, 0.4) is 0 Å². The summed E-state index contributed by atoms with van der Waals surface area (Å²) in [6.07, 6.45) is 1.09. The molecule has 0 aromatic rings. The summed E-state index contributed by atoms with van der Waals surface area (Å²) in [4.78, 5) is 10.1. The number of ether oxygens (including phenoxy) is 1. The molecule has 0 fully saturated rings. The molecule has 0 amide bonds. The summed E-state index contributed by atoms with van der Waals surface area (Å²) in [5, 5.41) is 8.04. The molecule has 3 nitrogen and oxygen atoms in total. The average Bonchev–Trinajstić information content (AvgIpc) is 1.80. The van der Waals surface area contributed by atoms with Crippen molar-refractivity contribution < 1.29 is 9.53 Å². The van der Waals surface area contributed by atoms with Crippen LogP contribution in [0.2, 0.25) is 0 Å². The van der Waals surface area contributed by atoms with Gasteiger partial charge in [0.05, 0.1) is 12.7 Å². The van der Waals surface area contributed by atoms with Gasteiger partial charge in [-0.1, -0.05) is 0 Å². The third-order valence-corrected chi connectivity index (χ3v) is 0.738. The van der Waals surface area contributed by atoms with Crippen LogP contribution >= 0.6 is 0 Å². The van der Waals surface area contributed by atoms with Gasteiger partial charge in [-0.15, -0.1) is 0 Å². The van der Waals surface area contributed by atoms with Gasteiger partial charge >= 0.3 is 5.97 Å². The summed E-state index contributed by atoms with van der Waals surface area (Å²) in [5.74, 6) is -0.284. The van der Waals surface area contributed by atoms with Crippen LogP contribution in [-0.2, 0) is 9.53 Å². The fourth-order valence-corrected chi connectivity index (χ4v) is 0.367. The van der Waals surface area contributed by atoms with Crippen molar-refractivity contribution in [1.82, 2.24) is 0 Å². The Labute approximate surface area is 54.2 Å². The molecule has 50 valence electrons. The first-order valence-electron chi connectivity index (χ1n) is 2.77. The molecule has 9 heavy (non-hydrogen) atoms. The predicted octanol–water partition coefficient (Wildman–Crippen LogP) is 0.853. The Morgan fingerprint density at radius 3 is 2.89 bits per heavy atom. The maximum absolute atomic E-state index is 10.1. The standard InChI is InChI=1S/C6H9NO2/c1-6(8)9-5-3-2-4-7/h2-3,5H2,1H3. The van der Waals surface area contributed by atoms with E-state index in [1.165, 1.54) is 6.92 Å². The Balaban J connectivity index is 2.94. The Morgan fingerprint density at radius 1 is 1.78 bits per heavy atom. The Bertz CT molecular complexity index is 126. The second-order valence-electron chi connectivity index (χ2n) is 1.60. The smallest absolute Gasteiger partial charge is 0.302 e. The highest BCUT2D eigenvalue weighted by Crippen LogP contribution is 1.87. The van der Waals surface area contributed by atoms with Crippen molar-refractivity contribution in [1.29, 1.82) is 5.26 Å². The number of hydrogen-bond donors (Lipinski definition) is 0. The molecule has 0 spiro atoms. The molecule has 0 saturated heterocycles. The van der Waals surface area contributed by atoms with E-state index in [2.05, 4.69) is 4.74 Å². The van der Waals surface area contributed by atoms with E-state index in [0.29, 0.717) is 19.4 Å². The lowest BCUT2D eigenvalue weighted by molar-refractivity contribution is -0.141. The van der Waals surface area contributed by atoms with E-state index in [1.807, 2.05) is 6.07 Å². The number of unbranched alkanes of at least 4 members (excludes halogenated alkanes) is 1. The fraction of sp³-hybridized carbons (Fsp3) is 0.667. The van der Waals surface area contributed by atoms with Gasteiger partial charge in [0.15, 0.2) is 0 Å². The van der Waals surface area contributed by atoms with Crippen LogP contribution in [0.1, 0.15) is 19.8 Å². The van der Waals surface area contributed by atoms with Gasteiger partial charge in [-0.05, 0) is 6.42 Å². The van der Waals surface area contributed by atoms with Gasteiger partial charge in [0.25, 0.3) is 0 Å². The normalized spacial score (nSPS) is 8.00. The average molecular weight is 127 g/mol. The fourth-order valence-electron chi connectivity index (χ4n) is 0.367. The summed E-state index contributed by atoms with van der Waals surface area (Å²) in [6.45, 7) is 1.72. The number of nitrogens with zero attached hydrogens (tertiary/aromatic N) is 1. The van der Waals surface area contributed by atoms with Crippen molar-refractivity contribution in [3.63, 3.8) is 0 Å². The maximum atomic E-state index is 10.1. The molecule has 0 radical (unpaired) electrons. The second kappa shape index (κ2) is 5.10. The van der Waals surface area contributed by atoms with E-state index in [-0.39, 0.29) is 5.97 Å². The first kappa shape index (κ1) is 7.96. The molecule has 3 heteroatoms. The minimum Gasteiger partial charge on any atom is -0.466 e. The number of carbonyl (C=O) groups excluding carboxylic acids is 1. The van der Waals surface area contributed by atoms with Crippen molar-refractivity contribution in [3.8, 4) is 6.07 Å². The van der Waals surface area contributed by atoms with E-state index in [1.54, 1.807) is 0 Å². The first-order valence-corrected chi connectivity index (χ1v) is 2.77. The number of esters is 1. The van der Waals surface area contributed by atoms with E-state index < -0.39 is 0 Å². The van der Waals surface area contributed by atoms with E-state index in [9.17, 15) is 4.79 Å². The van der Waals surface area contributed by atoms with Gasteiger partial charge in [0, 0.05) is 13.3 Å². The molecule has 0 aliphatic heterocycles. The Hall–Kier alpha value is -1.04. The van der Waals surface area contributed by atoms with E-state index >= 15 is 0 Å². The quantitative estimate of drug-likeness (QED) is 0.417. The van der Waals surface area contributed by atoms with Crippen LogP contribution in [0.25, 0.3) is 0 Å². The van der Waals surface area contributed by atoms with Gasteiger partial charge in [-0.3, -0.25) is 4.79 Å². The second-order valence-corrected chi connectivity index (χ2v) is 1.60. The number of carbonyl (C=O) groups is 1. The highest BCUT2D eigenvalue weighted by Gasteiger charge is 1.89. The van der Waals surface area contributed by atoms with Gasteiger partial charge in [-0.25, -0.2) is 0 Å². The first-order chi connectivity index (χ1) is 4.27. The molecular formula is C6H9NO2. The zero-order valence-corrected chi connectivity index (χ0v) is 5.39. The Morgan fingerprint density at radius 2 is 2.44 bits per heavy atom. The SMILES string of the molecule is CC(=O)OCCCC#N. The van der Waals surface area contributed by atoms with Gasteiger partial charge in [-0.2, -0.15) is 5.26 Å². The van der Waals surface area contributed by atoms with Crippen LogP contribution < -0.4 is 0 Å². The molecule has 0 saturated carbocycles. The summed E-state index contributed by atoms with van der Waals surface area (Å²) in [7, 11) is 0. The van der Waals surface area contributed by atoms with E-state index in [0.717, 1.165) is 0 Å². The third kappa shape index (κ3) is 6.96. The zero-order chi connectivity index (χ0) is 7.11. The summed E-state index contributed by atoms with van der Waals surface area (Å²) >= 11 is 0. The number of hydrogen-bond acceptors (Lipinski definition) is 3. The lowest BCUT2D eigenvalue weighted by atomic mass is 10.3. The van der Waals surface area contributed by atoms with Crippen molar-refractivity contribution in [2.75, 3.05) is 6.61 Å². The molecule has 0 rings (SSSR count). The molecule has 0 aliphatic rings. The topological polar surface area (TPSA) is 50.1 Å². The van der Waals surface area contributed by atoms with Gasteiger partial charge in [0.2, 0.25) is 0 Å². The molecular weight excluding hydrogens is 118 g/mol. The lowest BCUT2D eigenvalue weighted by Crippen LogP contribution is -1.99. The third-order valence-electron chi connectivity index (χ3n) is 0.738. The van der Waals surface area contributed by atoms with Gasteiger partial charge < -0.3 is 4.74 Å². The van der Waals surface area contributed by atoms with Crippen LogP contribution in [0.4, 0.5) is 0 Å². The van der Waals surface area contributed by atoms with Crippen molar-refractivity contribution in [3.05, 3.63) is 0 Å². The largest absolute Gasteiger partial charge is 0.466 e. The molecule has 0 unspecified atom stereocenters. The molecule has 0 aromatic carbocycles. The van der Waals surface area contributed by atoms with Crippen molar-refractivity contribution in [2.24, 2.45) is 0 Å². The minimum absolute atomic E-state index is 0.284. The summed E-state index contributed by atoms with van der Waals surface area (Å²) < 4.78 is 4.55. The van der Waals surface area contributed by atoms with Crippen LogP contribution in [0, 0.1) is 11.3 Å². The summed E-state index contributed by atoms with van der Waals surface area (Å²) in [5.41, 5.74) is 0.